The highest BCUT2D eigenvalue weighted by molar-refractivity contribution is 6.16. The molecule has 1 atom stereocenters. The van der Waals surface area contributed by atoms with Crippen molar-refractivity contribution in [2.45, 2.75) is 18.9 Å². The van der Waals surface area contributed by atoms with E-state index in [2.05, 4.69) is 11.8 Å². The minimum atomic E-state index is -1.11. The summed E-state index contributed by atoms with van der Waals surface area (Å²) in [7, 11) is 3.00. The summed E-state index contributed by atoms with van der Waals surface area (Å²) in [4.78, 5) is 39.7. The fourth-order valence-electron chi connectivity index (χ4n) is 3.91. The molecule has 2 aromatic carbocycles. The molecule has 172 valence electrons. The van der Waals surface area contributed by atoms with Crippen molar-refractivity contribution >= 4 is 17.6 Å². The van der Waals surface area contributed by atoms with Gasteiger partial charge in [0.05, 0.1) is 12.0 Å². The van der Waals surface area contributed by atoms with Crippen LogP contribution in [0.2, 0.25) is 0 Å². The zero-order valence-electron chi connectivity index (χ0n) is 18.8. The highest BCUT2D eigenvalue weighted by atomic mass is 19.1. The summed E-state index contributed by atoms with van der Waals surface area (Å²) in [5.74, 6) is 2.60. The van der Waals surface area contributed by atoms with Crippen LogP contribution in [0, 0.1) is 23.5 Å². The smallest absolute Gasteiger partial charge is 0.318 e. The molecule has 0 N–H and O–H groups in total. The molecule has 0 radical (unpaired) electrons. The van der Waals surface area contributed by atoms with E-state index >= 15 is 0 Å². The summed E-state index contributed by atoms with van der Waals surface area (Å²) in [5.41, 5.74) is -0.800. The van der Waals surface area contributed by atoms with Crippen LogP contribution >= 0.6 is 0 Å². The van der Waals surface area contributed by atoms with E-state index in [4.69, 9.17) is 0 Å². The number of pyridine rings is 1. The van der Waals surface area contributed by atoms with Crippen molar-refractivity contribution < 1.29 is 18.4 Å². The average molecular weight is 461 g/mol. The van der Waals surface area contributed by atoms with Crippen molar-refractivity contribution in [2.75, 3.05) is 11.9 Å². The Bertz CT molecular complexity index is 1400. The van der Waals surface area contributed by atoms with Crippen LogP contribution < -0.4 is 10.5 Å². The van der Waals surface area contributed by atoms with Crippen LogP contribution in [0.3, 0.4) is 0 Å². The summed E-state index contributed by atoms with van der Waals surface area (Å²) in [6.45, 7) is 1.66. The number of hydrogen-bond acceptors (Lipinski definition) is 3. The van der Waals surface area contributed by atoms with Crippen molar-refractivity contribution in [3.05, 3.63) is 99.5 Å². The first-order valence-electron chi connectivity index (χ1n) is 10.5. The molecule has 1 aliphatic heterocycles. The molecule has 0 aliphatic carbocycles. The summed E-state index contributed by atoms with van der Waals surface area (Å²) in [5, 5.41) is 0. The number of carbonyl (C=O) groups is 2. The van der Waals surface area contributed by atoms with Crippen LogP contribution in [0.1, 0.15) is 30.0 Å². The molecular weight excluding hydrogens is 440 g/mol. The maximum absolute atomic E-state index is 15.0. The lowest BCUT2D eigenvalue weighted by Crippen LogP contribution is -2.60. The van der Waals surface area contributed by atoms with Crippen molar-refractivity contribution in [1.29, 1.82) is 0 Å². The summed E-state index contributed by atoms with van der Waals surface area (Å²) in [6, 6.07) is 12.9. The molecule has 2 heterocycles. The molecule has 0 saturated carbocycles. The third kappa shape index (κ3) is 3.97. The van der Waals surface area contributed by atoms with Crippen molar-refractivity contribution in [2.24, 2.45) is 7.05 Å². The molecule has 0 spiro atoms. The molecule has 1 saturated heterocycles. The van der Waals surface area contributed by atoms with Gasteiger partial charge in [0.25, 0.3) is 0 Å². The Morgan fingerprint density at radius 2 is 1.50 bits per heavy atom. The first-order valence-corrected chi connectivity index (χ1v) is 10.5. The van der Waals surface area contributed by atoms with Gasteiger partial charge in [0, 0.05) is 37.5 Å². The topological polar surface area (TPSA) is 62.6 Å². The number of nitrogens with zero attached hydrogens (tertiary/aromatic N) is 3. The van der Waals surface area contributed by atoms with Crippen LogP contribution in [0.15, 0.2) is 65.6 Å². The molecule has 1 aliphatic rings. The number of urea groups is 1. The molecular formula is C26H21F2N3O3. The number of hydrogen-bond donors (Lipinski definition) is 0. The first kappa shape index (κ1) is 22.9. The van der Waals surface area contributed by atoms with Crippen LogP contribution in [0.4, 0.5) is 19.3 Å². The van der Waals surface area contributed by atoms with E-state index < -0.39 is 34.8 Å². The minimum Gasteiger partial charge on any atom is -0.318 e. The van der Waals surface area contributed by atoms with Gasteiger partial charge in [0.2, 0.25) is 11.5 Å². The van der Waals surface area contributed by atoms with Crippen LogP contribution in [0.25, 0.3) is 0 Å². The minimum absolute atomic E-state index is 0.0721. The number of aromatic nitrogens is 1. The Hall–Kier alpha value is -4.25. The third-order valence-electron chi connectivity index (χ3n) is 6.04. The van der Waals surface area contributed by atoms with Gasteiger partial charge in [-0.25, -0.2) is 18.5 Å². The molecule has 34 heavy (non-hydrogen) atoms. The predicted molar refractivity (Wildman–Crippen MR) is 123 cm³/mol. The fraction of sp³-hybridized carbons (Fsp3) is 0.192. The Morgan fingerprint density at radius 3 is 2.12 bits per heavy atom. The van der Waals surface area contributed by atoms with Crippen molar-refractivity contribution in [1.82, 2.24) is 9.47 Å². The van der Waals surface area contributed by atoms with Gasteiger partial charge in [-0.05, 0) is 42.8 Å². The zero-order chi connectivity index (χ0) is 24.6. The highest BCUT2D eigenvalue weighted by Gasteiger charge is 2.47. The largest absolute Gasteiger partial charge is 0.332 e. The number of rotatable bonds is 2. The number of anilines is 1. The Labute approximate surface area is 195 Å². The van der Waals surface area contributed by atoms with Gasteiger partial charge in [-0.2, -0.15) is 0 Å². The van der Waals surface area contributed by atoms with Crippen LogP contribution in [-0.4, -0.2) is 28.5 Å². The average Bonchev–Trinajstić information content (AvgIpc) is 2.80. The van der Waals surface area contributed by atoms with Gasteiger partial charge < -0.3 is 9.47 Å². The maximum Gasteiger partial charge on any atom is 0.332 e. The Kier molecular flexibility index (Phi) is 5.80. The molecule has 3 amide bonds. The van der Waals surface area contributed by atoms with Crippen molar-refractivity contribution in [3.8, 4) is 11.8 Å². The quantitative estimate of drug-likeness (QED) is 0.546. The molecule has 1 fully saturated rings. The number of halogens is 2. The Morgan fingerprint density at radius 1 is 0.882 bits per heavy atom. The van der Waals surface area contributed by atoms with Crippen molar-refractivity contribution in [3.63, 3.8) is 0 Å². The second-order valence-corrected chi connectivity index (χ2v) is 8.29. The number of imide groups is 1. The van der Waals surface area contributed by atoms with Gasteiger partial charge in [-0.15, -0.1) is 0 Å². The highest BCUT2D eigenvalue weighted by Crippen LogP contribution is 2.38. The predicted octanol–water partition coefficient (Wildman–Crippen LogP) is 3.77. The van der Waals surface area contributed by atoms with Crippen LogP contribution in [-0.2, 0) is 17.4 Å². The standard InChI is InChI=1S/C26H21F2N3O3/c1-26(19-11-12-22(32)29(2)16-19)15-23(33)31(25(34)30(26)3)24-20(27)13-18(14-21(24)28)10-9-17-7-5-4-6-8-17/h4-8,11-14,16H,15H2,1-3H3/t26-/m0/s1. The second-order valence-electron chi connectivity index (χ2n) is 8.29. The van der Waals surface area contributed by atoms with Crippen LogP contribution in [0.5, 0.6) is 0 Å². The van der Waals surface area contributed by atoms with E-state index in [-0.39, 0.29) is 17.5 Å². The van der Waals surface area contributed by atoms with E-state index in [9.17, 15) is 23.2 Å². The lowest BCUT2D eigenvalue weighted by molar-refractivity contribution is -0.122. The molecule has 0 bridgehead atoms. The van der Waals surface area contributed by atoms with E-state index in [1.807, 2.05) is 6.07 Å². The van der Waals surface area contributed by atoms with E-state index in [0.29, 0.717) is 16.0 Å². The van der Waals surface area contributed by atoms with Gasteiger partial charge in [-0.3, -0.25) is 9.59 Å². The fourth-order valence-corrected chi connectivity index (χ4v) is 3.91. The summed E-state index contributed by atoms with van der Waals surface area (Å²) >= 11 is 0. The maximum atomic E-state index is 15.0. The lowest BCUT2D eigenvalue weighted by atomic mass is 9.85. The lowest BCUT2D eigenvalue weighted by Gasteiger charge is -2.45. The normalized spacial score (nSPS) is 18.0. The van der Waals surface area contributed by atoms with Gasteiger partial charge in [0.15, 0.2) is 11.6 Å². The van der Waals surface area contributed by atoms with E-state index in [1.54, 1.807) is 38.2 Å². The molecule has 8 heteroatoms. The monoisotopic (exact) mass is 461 g/mol. The van der Waals surface area contributed by atoms with E-state index in [0.717, 1.165) is 12.1 Å². The number of benzene rings is 2. The summed E-state index contributed by atoms with van der Waals surface area (Å²) in [6.07, 6.45) is 1.30. The second kappa shape index (κ2) is 8.60. The Balaban J connectivity index is 1.69. The summed E-state index contributed by atoms with van der Waals surface area (Å²) < 4.78 is 31.3. The number of amides is 3. The van der Waals surface area contributed by atoms with Gasteiger partial charge in [-0.1, -0.05) is 30.0 Å². The molecule has 6 nitrogen and oxygen atoms in total. The third-order valence-corrected chi connectivity index (χ3v) is 6.04. The zero-order valence-corrected chi connectivity index (χ0v) is 18.8. The molecule has 4 rings (SSSR count). The number of carbonyl (C=O) groups excluding carboxylic acids is 2. The molecule has 3 aromatic rings. The molecule has 0 unspecified atom stereocenters. The number of aryl methyl sites for hydroxylation is 1. The first-order chi connectivity index (χ1) is 16.1. The van der Waals surface area contributed by atoms with E-state index in [1.165, 1.54) is 34.8 Å². The SMILES string of the molecule is CN1C(=O)N(c2c(F)cc(C#Cc3ccccc3)cc2F)C(=O)C[C@@]1(C)c1ccc(=O)n(C)c1. The van der Waals surface area contributed by atoms with Gasteiger partial charge in [0.1, 0.15) is 5.69 Å². The molecule has 1 aromatic heterocycles. The van der Waals surface area contributed by atoms with Gasteiger partial charge >= 0.3 is 6.03 Å².